The smallest absolute Gasteiger partial charge is 0.276 e. The Hall–Kier alpha value is -2.64. The second-order valence-corrected chi connectivity index (χ2v) is 6.08. The summed E-state index contributed by atoms with van der Waals surface area (Å²) in [6, 6.07) is 5.30. The summed E-state index contributed by atoms with van der Waals surface area (Å²) in [7, 11) is 3.81. The lowest BCUT2D eigenvalue weighted by molar-refractivity contribution is 0.0516. The lowest BCUT2D eigenvalue weighted by atomic mass is 10.1. The fourth-order valence-electron chi connectivity index (χ4n) is 2.63. The monoisotopic (exact) mass is 331 g/mol. The van der Waals surface area contributed by atoms with Gasteiger partial charge in [0.05, 0.1) is 6.54 Å². The van der Waals surface area contributed by atoms with Crippen molar-refractivity contribution in [2.45, 2.75) is 25.9 Å². The topological polar surface area (TPSA) is 84.6 Å². The molecule has 1 fully saturated rings. The van der Waals surface area contributed by atoms with E-state index < -0.39 is 0 Å². The van der Waals surface area contributed by atoms with Crippen LogP contribution in [0.15, 0.2) is 22.7 Å². The molecule has 0 radical (unpaired) electrons. The molecule has 1 saturated heterocycles. The third-order valence-corrected chi connectivity index (χ3v) is 3.88. The van der Waals surface area contributed by atoms with Gasteiger partial charge in [-0.05, 0) is 25.8 Å². The third kappa shape index (κ3) is 3.64. The highest BCUT2D eigenvalue weighted by Crippen LogP contribution is 2.19. The fraction of sp³-hybridized carbons (Fsp3) is 0.500. The van der Waals surface area contributed by atoms with Crippen LogP contribution < -0.4 is 9.64 Å². The molecule has 3 rings (SSSR count). The number of anilines is 1. The van der Waals surface area contributed by atoms with Crippen LogP contribution in [-0.2, 0) is 0 Å². The summed E-state index contributed by atoms with van der Waals surface area (Å²) in [6.45, 7) is 2.96. The molecule has 0 bridgehead atoms. The standard InChI is InChI=1S/C16H21N5O3/c1-11-9-13(19-24-11)16(22)21-8-4-5-12(10-21)23-15-7-6-14(17-18-15)20(2)3/h6-7,9,12H,4-5,8,10H2,1-3H3. The zero-order chi connectivity index (χ0) is 17.1. The summed E-state index contributed by atoms with van der Waals surface area (Å²) in [6.07, 6.45) is 1.64. The van der Waals surface area contributed by atoms with Crippen molar-refractivity contribution in [2.75, 3.05) is 32.1 Å². The molecular weight excluding hydrogens is 310 g/mol. The fourth-order valence-corrected chi connectivity index (χ4v) is 2.63. The Bertz CT molecular complexity index is 698. The molecule has 24 heavy (non-hydrogen) atoms. The first-order valence-electron chi connectivity index (χ1n) is 7.93. The molecule has 128 valence electrons. The first-order valence-corrected chi connectivity index (χ1v) is 7.93. The van der Waals surface area contributed by atoms with Gasteiger partial charge in [-0.15, -0.1) is 10.2 Å². The van der Waals surface area contributed by atoms with Crippen molar-refractivity contribution in [2.24, 2.45) is 0 Å². The van der Waals surface area contributed by atoms with Gasteiger partial charge in [-0.25, -0.2) is 0 Å². The molecule has 0 saturated carbocycles. The number of hydrogen-bond donors (Lipinski definition) is 0. The zero-order valence-electron chi connectivity index (χ0n) is 14.1. The van der Waals surface area contributed by atoms with Crippen LogP contribution in [0.2, 0.25) is 0 Å². The highest BCUT2D eigenvalue weighted by molar-refractivity contribution is 5.92. The minimum atomic E-state index is -0.130. The first kappa shape index (κ1) is 16.2. The van der Waals surface area contributed by atoms with Crippen molar-refractivity contribution in [3.05, 3.63) is 29.7 Å². The molecule has 8 heteroatoms. The predicted molar refractivity (Wildman–Crippen MR) is 87.2 cm³/mol. The van der Waals surface area contributed by atoms with Crippen molar-refractivity contribution in [1.29, 1.82) is 0 Å². The second-order valence-electron chi connectivity index (χ2n) is 6.08. The number of likely N-dealkylation sites (tertiary alicyclic amines) is 1. The van der Waals surface area contributed by atoms with Crippen LogP contribution in [0, 0.1) is 6.92 Å². The average molecular weight is 331 g/mol. The maximum Gasteiger partial charge on any atom is 0.276 e. The molecule has 3 heterocycles. The lowest BCUT2D eigenvalue weighted by Crippen LogP contribution is -2.44. The van der Waals surface area contributed by atoms with Gasteiger partial charge in [0.15, 0.2) is 11.5 Å². The molecule has 8 nitrogen and oxygen atoms in total. The number of piperidine rings is 1. The van der Waals surface area contributed by atoms with Gasteiger partial charge < -0.3 is 19.1 Å². The predicted octanol–water partition coefficient (Wildman–Crippen LogP) is 1.52. The van der Waals surface area contributed by atoms with E-state index in [-0.39, 0.29) is 12.0 Å². The van der Waals surface area contributed by atoms with Gasteiger partial charge in [0.25, 0.3) is 5.91 Å². The van der Waals surface area contributed by atoms with Crippen molar-refractivity contribution >= 4 is 11.7 Å². The summed E-state index contributed by atoms with van der Waals surface area (Å²) < 4.78 is 10.9. The number of aromatic nitrogens is 3. The second kappa shape index (κ2) is 6.86. The normalized spacial score (nSPS) is 17.6. The molecule has 2 aromatic rings. The van der Waals surface area contributed by atoms with Gasteiger partial charge in [0.1, 0.15) is 11.9 Å². The van der Waals surface area contributed by atoms with Crippen LogP contribution >= 0.6 is 0 Å². The van der Waals surface area contributed by atoms with E-state index in [1.165, 1.54) is 0 Å². The number of nitrogens with zero attached hydrogens (tertiary/aromatic N) is 5. The SMILES string of the molecule is Cc1cc(C(=O)N2CCCC(Oc3ccc(N(C)C)nn3)C2)no1. The number of amides is 1. The molecule has 1 atom stereocenters. The Morgan fingerprint density at radius 2 is 2.21 bits per heavy atom. The first-order chi connectivity index (χ1) is 11.5. The van der Waals surface area contributed by atoms with E-state index in [1.54, 1.807) is 24.0 Å². The molecule has 0 aliphatic carbocycles. The Morgan fingerprint density at radius 1 is 1.38 bits per heavy atom. The minimum Gasteiger partial charge on any atom is -0.471 e. The zero-order valence-corrected chi connectivity index (χ0v) is 14.1. The van der Waals surface area contributed by atoms with E-state index in [2.05, 4.69) is 15.4 Å². The molecule has 0 aromatic carbocycles. The number of aryl methyl sites for hydroxylation is 1. The van der Waals surface area contributed by atoms with Gasteiger partial charge in [0.2, 0.25) is 5.88 Å². The van der Waals surface area contributed by atoms with E-state index in [4.69, 9.17) is 9.26 Å². The molecule has 1 amide bonds. The highest BCUT2D eigenvalue weighted by atomic mass is 16.5. The summed E-state index contributed by atoms with van der Waals surface area (Å²) in [4.78, 5) is 16.1. The number of carbonyl (C=O) groups excluding carboxylic acids is 1. The molecule has 1 aliphatic rings. The van der Waals surface area contributed by atoms with E-state index in [0.717, 1.165) is 18.7 Å². The molecule has 0 spiro atoms. The molecule has 0 N–H and O–H groups in total. The summed E-state index contributed by atoms with van der Waals surface area (Å²) in [5.41, 5.74) is 0.336. The Kier molecular flexibility index (Phi) is 4.64. The summed E-state index contributed by atoms with van der Waals surface area (Å²) in [5.74, 6) is 1.73. The van der Waals surface area contributed by atoms with Crippen LogP contribution in [0.25, 0.3) is 0 Å². The number of hydrogen-bond acceptors (Lipinski definition) is 7. The van der Waals surface area contributed by atoms with Crippen molar-refractivity contribution in [3.8, 4) is 5.88 Å². The summed E-state index contributed by atoms with van der Waals surface area (Å²) in [5, 5.41) is 12.0. The Balaban J connectivity index is 1.62. The van der Waals surface area contributed by atoms with Crippen molar-refractivity contribution < 1.29 is 14.1 Å². The summed E-state index contributed by atoms with van der Waals surface area (Å²) >= 11 is 0. The van der Waals surface area contributed by atoms with Crippen LogP contribution in [0.5, 0.6) is 5.88 Å². The molecule has 1 aliphatic heterocycles. The van der Waals surface area contributed by atoms with Crippen LogP contribution in [0.3, 0.4) is 0 Å². The number of rotatable bonds is 4. The quantitative estimate of drug-likeness (QED) is 0.840. The molecular formula is C16H21N5O3. The highest BCUT2D eigenvalue weighted by Gasteiger charge is 2.27. The Labute approximate surface area is 140 Å². The third-order valence-electron chi connectivity index (χ3n) is 3.88. The van der Waals surface area contributed by atoms with Gasteiger partial charge in [-0.3, -0.25) is 4.79 Å². The Morgan fingerprint density at radius 3 is 2.83 bits per heavy atom. The van der Waals surface area contributed by atoms with Gasteiger partial charge in [-0.2, -0.15) is 0 Å². The van der Waals surface area contributed by atoms with Gasteiger partial charge in [-0.1, -0.05) is 5.16 Å². The maximum atomic E-state index is 12.4. The maximum absolute atomic E-state index is 12.4. The van der Waals surface area contributed by atoms with E-state index >= 15 is 0 Å². The largest absolute Gasteiger partial charge is 0.471 e. The van der Waals surface area contributed by atoms with Crippen molar-refractivity contribution in [3.63, 3.8) is 0 Å². The average Bonchev–Trinajstić information content (AvgIpc) is 3.01. The number of carbonyl (C=O) groups is 1. The van der Waals surface area contributed by atoms with Gasteiger partial charge in [0, 0.05) is 32.8 Å². The molecule has 1 unspecified atom stereocenters. The van der Waals surface area contributed by atoms with E-state index in [0.29, 0.717) is 30.4 Å². The van der Waals surface area contributed by atoms with Crippen LogP contribution in [0.4, 0.5) is 5.82 Å². The van der Waals surface area contributed by atoms with Crippen LogP contribution in [0.1, 0.15) is 29.1 Å². The van der Waals surface area contributed by atoms with E-state index in [9.17, 15) is 4.79 Å². The van der Waals surface area contributed by atoms with E-state index in [1.807, 2.05) is 25.1 Å². The van der Waals surface area contributed by atoms with Crippen LogP contribution in [-0.4, -0.2) is 59.4 Å². The van der Waals surface area contributed by atoms with Gasteiger partial charge >= 0.3 is 0 Å². The number of ether oxygens (including phenoxy) is 1. The molecule has 2 aromatic heterocycles. The van der Waals surface area contributed by atoms with Crippen molar-refractivity contribution in [1.82, 2.24) is 20.3 Å². The lowest BCUT2D eigenvalue weighted by Gasteiger charge is -2.32. The minimum absolute atomic E-state index is 0.102.